The Bertz CT molecular complexity index is 870. The van der Waals surface area contributed by atoms with Gasteiger partial charge in [-0.1, -0.05) is 0 Å². The molecule has 5 nitrogen and oxygen atoms in total. The van der Waals surface area contributed by atoms with Gasteiger partial charge >= 0.3 is 6.18 Å². The molecule has 0 radical (unpaired) electrons. The van der Waals surface area contributed by atoms with Crippen molar-refractivity contribution < 1.29 is 36.9 Å². The number of alkyl halides is 3. The summed E-state index contributed by atoms with van der Waals surface area (Å²) in [5.74, 6) is -0.525. The van der Waals surface area contributed by atoms with Crippen LogP contribution in [0, 0.1) is 5.82 Å². The van der Waals surface area contributed by atoms with Crippen molar-refractivity contribution in [3.8, 4) is 11.5 Å². The van der Waals surface area contributed by atoms with Gasteiger partial charge in [0.15, 0.2) is 11.5 Å². The summed E-state index contributed by atoms with van der Waals surface area (Å²) in [7, 11) is 1.36. The minimum atomic E-state index is -4.48. The number of piperidine rings is 1. The molecule has 0 unspecified atom stereocenters. The van der Waals surface area contributed by atoms with E-state index in [2.05, 4.69) is 0 Å². The van der Waals surface area contributed by atoms with Crippen LogP contribution in [0.15, 0.2) is 42.5 Å². The SMILES string of the molecule is COc1cc(F)ccc1O[C@@H]1CCN(C(=O)c2ccc(C(F)(F)F)cc2)C[C@H]1O. The third kappa shape index (κ3) is 4.79. The first-order chi connectivity index (χ1) is 13.7. The Labute approximate surface area is 164 Å². The molecule has 0 aliphatic carbocycles. The third-order valence-electron chi connectivity index (χ3n) is 4.67. The molecule has 1 N–H and O–H groups in total. The summed E-state index contributed by atoms with van der Waals surface area (Å²) in [5, 5.41) is 10.4. The summed E-state index contributed by atoms with van der Waals surface area (Å²) < 4.78 is 62.0. The highest BCUT2D eigenvalue weighted by molar-refractivity contribution is 5.94. The predicted octanol–water partition coefficient (Wildman–Crippen LogP) is 3.51. The van der Waals surface area contributed by atoms with Crippen molar-refractivity contribution >= 4 is 5.91 Å². The van der Waals surface area contributed by atoms with E-state index in [9.17, 15) is 27.5 Å². The number of amides is 1. The van der Waals surface area contributed by atoms with Gasteiger partial charge < -0.3 is 19.5 Å². The van der Waals surface area contributed by atoms with Gasteiger partial charge in [0.1, 0.15) is 18.0 Å². The number of nitrogens with zero attached hydrogens (tertiary/aromatic N) is 1. The maximum absolute atomic E-state index is 13.3. The predicted molar refractivity (Wildman–Crippen MR) is 95.3 cm³/mol. The average molecular weight is 413 g/mol. The monoisotopic (exact) mass is 413 g/mol. The molecule has 0 saturated carbocycles. The van der Waals surface area contributed by atoms with Crippen LogP contribution >= 0.6 is 0 Å². The van der Waals surface area contributed by atoms with Gasteiger partial charge in [-0.25, -0.2) is 4.39 Å². The molecule has 1 aliphatic heterocycles. The Morgan fingerprint density at radius 1 is 1.14 bits per heavy atom. The zero-order valence-electron chi connectivity index (χ0n) is 15.4. The van der Waals surface area contributed by atoms with Gasteiger partial charge in [0, 0.05) is 24.6 Å². The number of carbonyl (C=O) groups is 1. The molecule has 2 aromatic carbocycles. The number of hydrogen-bond donors (Lipinski definition) is 1. The molecule has 1 saturated heterocycles. The number of hydrogen-bond acceptors (Lipinski definition) is 4. The van der Waals surface area contributed by atoms with E-state index < -0.39 is 35.7 Å². The summed E-state index contributed by atoms with van der Waals surface area (Å²) in [6.07, 6.45) is -5.87. The van der Waals surface area contributed by atoms with Crippen molar-refractivity contribution in [1.82, 2.24) is 4.90 Å². The second-order valence-corrected chi connectivity index (χ2v) is 6.63. The molecular weight excluding hydrogens is 394 g/mol. The first-order valence-corrected chi connectivity index (χ1v) is 8.84. The smallest absolute Gasteiger partial charge is 0.416 e. The first kappa shape index (κ1) is 20.9. The van der Waals surface area contributed by atoms with Crippen LogP contribution in [0.5, 0.6) is 11.5 Å². The van der Waals surface area contributed by atoms with Crippen LogP contribution in [0.1, 0.15) is 22.3 Å². The summed E-state index contributed by atoms with van der Waals surface area (Å²) in [6, 6.07) is 7.67. The summed E-state index contributed by atoms with van der Waals surface area (Å²) >= 11 is 0. The number of likely N-dealkylation sites (tertiary alicyclic amines) is 1. The lowest BCUT2D eigenvalue weighted by Crippen LogP contribution is -2.51. The van der Waals surface area contributed by atoms with Crippen LogP contribution in [-0.2, 0) is 6.18 Å². The van der Waals surface area contributed by atoms with Gasteiger partial charge in [0.25, 0.3) is 5.91 Å². The fourth-order valence-electron chi connectivity index (χ4n) is 3.12. The Morgan fingerprint density at radius 2 is 1.83 bits per heavy atom. The Kier molecular flexibility index (Phi) is 5.97. The molecule has 1 heterocycles. The molecule has 0 spiro atoms. The number of aliphatic hydroxyl groups excluding tert-OH is 1. The van der Waals surface area contributed by atoms with E-state index in [1.165, 1.54) is 24.1 Å². The van der Waals surface area contributed by atoms with Crippen LogP contribution < -0.4 is 9.47 Å². The van der Waals surface area contributed by atoms with Crippen LogP contribution in [0.4, 0.5) is 17.6 Å². The number of ether oxygens (including phenoxy) is 2. The zero-order valence-corrected chi connectivity index (χ0v) is 15.4. The summed E-state index contributed by atoms with van der Waals surface area (Å²) in [6.45, 7) is 0.194. The number of β-amino-alcohol motifs (C(OH)–C–C–N with tert-alkyl or cyclic N) is 1. The van der Waals surface area contributed by atoms with E-state index in [1.807, 2.05) is 0 Å². The molecule has 0 aromatic heterocycles. The van der Waals surface area contributed by atoms with Crippen molar-refractivity contribution in [3.05, 3.63) is 59.4 Å². The maximum Gasteiger partial charge on any atom is 0.416 e. The highest BCUT2D eigenvalue weighted by Gasteiger charge is 2.34. The standard InChI is InChI=1S/C20H19F4NO4/c1-28-18-10-14(21)6-7-17(18)29-16-8-9-25(11-15(16)26)19(27)12-2-4-13(5-3-12)20(22,23)24/h2-7,10,15-16,26H,8-9,11H2,1H3/t15-,16-/m1/s1. The Balaban J connectivity index is 1.64. The number of methoxy groups -OCH3 is 1. The second kappa shape index (κ2) is 8.28. The van der Waals surface area contributed by atoms with Gasteiger partial charge in [0.2, 0.25) is 0 Å². The third-order valence-corrected chi connectivity index (χ3v) is 4.67. The van der Waals surface area contributed by atoms with E-state index >= 15 is 0 Å². The highest BCUT2D eigenvalue weighted by atomic mass is 19.4. The van der Waals surface area contributed by atoms with E-state index in [0.717, 1.165) is 30.3 Å². The van der Waals surface area contributed by atoms with Crippen LogP contribution in [-0.4, -0.2) is 48.3 Å². The van der Waals surface area contributed by atoms with E-state index in [-0.39, 0.29) is 36.6 Å². The van der Waals surface area contributed by atoms with Gasteiger partial charge in [-0.05, 0) is 36.4 Å². The molecule has 2 atom stereocenters. The quantitative estimate of drug-likeness (QED) is 0.780. The lowest BCUT2D eigenvalue weighted by atomic mass is 10.0. The van der Waals surface area contributed by atoms with E-state index in [4.69, 9.17) is 9.47 Å². The molecule has 9 heteroatoms. The summed E-state index contributed by atoms with van der Waals surface area (Å²) in [5.41, 5.74) is -0.737. The molecule has 1 aliphatic rings. The average Bonchev–Trinajstić information content (AvgIpc) is 2.69. The Hall–Kier alpha value is -2.81. The molecule has 1 amide bonds. The van der Waals surface area contributed by atoms with Crippen LogP contribution in [0.25, 0.3) is 0 Å². The van der Waals surface area contributed by atoms with Crippen LogP contribution in [0.2, 0.25) is 0 Å². The highest BCUT2D eigenvalue weighted by Crippen LogP contribution is 2.31. The summed E-state index contributed by atoms with van der Waals surface area (Å²) in [4.78, 5) is 13.9. The van der Waals surface area contributed by atoms with Gasteiger partial charge in [0.05, 0.1) is 19.2 Å². The molecule has 29 heavy (non-hydrogen) atoms. The van der Waals surface area contributed by atoms with Gasteiger partial charge in [-0.3, -0.25) is 4.79 Å². The van der Waals surface area contributed by atoms with Crippen molar-refractivity contribution in [2.75, 3.05) is 20.2 Å². The Morgan fingerprint density at radius 3 is 2.41 bits per heavy atom. The van der Waals surface area contributed by atoms with E-state index in [1.54, 1.807) is 0 Å². The maximum atomic E-state index is 13.3. The topological polar surface area (TPSA) is 59.0 Å². The minimum Gasteiger partial charge on any atom is -0.493 e. The number of benzene rings is 2. The van der Waals surface area contributed by atoms with Crippen LogP contribution in [0.3, 0.4) is 0 Å². The second-order valence-electron chi connectivity index (χ2n) is 6.63. The lowest BCUT2D eigenvalue weighted by Gasteiger charge is -2.36. The molecule has 1 fully saturated rings. The molecule has 2 aromatic rings. The van der Waals surface area contributed by atoms with Gasteiger partial charge in [-0.2, -0.15) is 13.2 Å². The zero-order chi connectivity index (χ0) is 21.2. The first-order valence-electron chi connectivity index (χ1n) is 8.84. The number of aliphatic hydroxyl groups is 1. The number of rotatable bonds is 4. The van der Waals surface area contributed by atoms with Crippen molar-refractivity contribution in [2.45, 2.75) is 24.8 Å². The van der Waals surface area contributed by atoms with Gasteiger partial charge in [-0.15, -0.1) is 0 Å². The molecule has 3 rings (SSSR count). The van der Waals surface area contributed by atoms with Crippen molar-refractivity contribution in [1.29, 1.82) is 0 Å². The normalized spacial score (nSPS) is 19.7. The molecular formula is C20H19F4NO4. The molecule has 0 bridgehead atoms. The number of halogens is 4. The minimum absolute atomic E-state index is 0.0476. The van der Waals surface area contributed by atoms with Crippen molar-refractivity contribution in [3.63, 3.8) is 0 Å². The number of carbonyl (C=O) groups excluding carboxylic acids is 1. The van der Waals surface area contributed by atoms with Crippen molar-refractivity contribution in [2.24, 2.45) is 0 Å². The largest absolute Gasteiger partial charge is 0.493 e. The fraction of sp³-hybridized carbons (Fsp3) is 0.350. The molecule has 156 valence electrons. The fourth-order valence-corrected chi connectivity index (χ4v) is 3.12. The van der Waals surface area contributed by atoms with E-state index in [0.29, 0.717) is 0 Å². The lowest BCUT2D eigenvalue weighted by molar-refractivity contribution is -0.137.